The number of benzene rings is 11. The van der Waals surface area contributed by atoms with Crippen molar-refractivity contribution in [3.05, 3.63) is 236 Å². The van der Waals surface area contributed by atoms with Gasteiger partial charge in [-0.3, -0.25) is 0 Å². The average Bonchev–Trinajstić information content (AvgIpc) is 3.76. The number of hydrogen-bond acceptors (Lipinski definition) is 2. The number of rotatable bonds is 7. The molecule has 290 valence electrons. The molecular formula is C60H39NO. The van der Waals surface area contributed by atoms with Crippen molar-refractivity contribution in [3.63, 3.8) is 0 Å². The highest BCUT2D eigenvalue weighted by Gasteiger charge is 2.19. The largest absolute Gasteiger partial charge is 0.455 e. The molecule has 0 radical (unpaired) electrons. The van der Waals surface area contributed by atoms with Crippen molar-refractivity contribution in [2.75, 3.05) is 4.90 Å². The highest BCUT2D eigenvalue weighted by atomic mass is 16.3. The summed E-state index contributed by atoms with van der Waals surface area (Å²) in [5, 5.41) is 8.66. The van der Waals surface area contributed by atoms with E-state index in [4.69, 9.17) is 4.42 Å². The van der Waals surface area contributed by atoms with Gasteiger partial charge in [-0.1, -0.05) is 176 Å². The van der Waals surface area contributed by atoms with Crippen molar-refractivity contribution < 1.29 is 9.90 Å². The Balaban J connectivity index is 1.04. The fraction of sp³-hybridized carbons (Fsp3) is 0. The van der Waals surface area contributed by atoms with Crippen LogP contribution in [0, 0.1) is 0 Å². The van der Waals surface area contributed by atoms with Gasteiger partial charge >= 0.3 is 0 Å². The van der Waals surface area contributed by atoms with Crippen LogP contribution in [0.3, 0.4) is 0 Å². The molecule has 2 heteroatoms. The fourth-order valence-electron chi connectivity index (χ4n) is 9.02. The molecule has 0 aliphatic carbocycles. The second-order valence-corrected chi connectivity index (χ2v) is 15.8. The SMILES string of the molecule is [2H]c1c([2H])c(N(c2ccc(-c3ccc4ccccc4c3)cc2)c2ccccc2-c2ccc3ccc4c5ccccc5oc4c3c2)c([2H])c([2H])c1-c1cccc(-c2cccc3ccccc23)c1. The number of anilines is 3. The predicted octanol–water partition coefficient (Wildman–Crippen LogP) is 17.2. The highest BCUT2D eigenvalue weighted by Crippen LogP contribution is 2.44. The van der Waals surface area contributed by atoms with Crippen molar-refractivity contribution in [3.8, 4) is 44.5 Å². The quantitative estimate of drug-likeness (QED) is 0.160. The van der Waals surface area contributed by atoms with Gasteiger partial charge in [0.05, 0.1) is 11.2 Å². The van der Waals surface area contributed by atoms with E-state index in [1.165, 1.54) is 5.39 Å². The van der Waals surface area contributed by atoms with E-state index in [-0.39, 0.29) is 35.4 Å². The van der Waals surface area contributed by atoms with Crippen molar-refractivity contribution in [1.29, 1.82) is 0 Å². The Bertz CT molecular complexity index is 3860. The summed E-state index contributed by atoms with van der Waals surface area (Å²) < 4.78 is 45.4. The van der Waals surface area contributed by atoms with Gasteiger partial charge in [0.2, 0.25) is 0 Å². The summed E-state index contributed by atoms with van der Waals surface area (Å²) in [7, 11) is 0. The molecule has 0 N–H and O–H groups in total. The van der Waals surface area contributed by atoms with Gasteiger partial charge in [-0.2, -0.15) is 0 Å². The maximum atomic E-state index is 9.81. The van der Waals surface area contributed by atoms with Crippen molar-refractivity contribution >= 4 is 71.3 Å². The van der Waals surface area contributed by atoms with Gasteiger partial charge in [0, 0.05) is 33.1 Å². The summed E-state index contributed by atoms with van der Waals surface area (Å²) >= 11 is 0. The standard InChI is InChI=1S/C60H39NO/c1-2-13-45-37-47(25-23-40(45)11-1)42-29-34-51(35-30-42)61(50-32-27-41(28-33-50)46-15-9-16-48(38-46)53-20-10-14-43-12-3-4-17-52(43)53)58-21-7-5-18-54(58)49-26-24-44-31-36-56-55-19-6-8-22-59(55)62-60(56)57(44)39-49/h1-39H/i27D,28D,32D,33D. The number of nitrogens with zero attached hydrogens (tertiary/aromatic N) is 1. The van der Waals surface area contributed by atoms with E-state index in [9.17, 15) is 5.48 Å². The molecule has 62 heavy (non-hydrogen) atoms. The minimum absolute atomic E-state index is 0.116. The summed E-state index contributed by atoms with van der Waals surface area (Å²) in [6, 6.07) is 71.3. The van der Waals surface area contributed by atoms with Crippen LogP contribution in [-0.2, 0) is 0 Å². The molecule has 0 spiro atoms. The Labute approximate surface area is 365 Å². The van der Waals surface area contributed by atoms with Crippen LogP contribution in [0.15, 0.2) is 241 Å². The zero-order valence-electron chi connectivity index (χ0n) is 37.6. The van der Waals surface area contributed by atoms with Crippen molar-refractivity contribution in [2.45, 2.75) is 0 Å². The molecule has 2 nitrogen and oxygen atoms in total. The van der Waals surface area contributed by atoms with E-state index in [1.807, 2.05) is 108 Å². The topological polar surface area (TPSA) is 16.4 Å². The molecule has 1 aromatic heterocycles. The van der Waals surface area contributed by atoms with Gasteiger partial charge in [0.25, 0.3) is 0 Å². The first-order valence-corrected chi connectivity index (χ1v) is 20.9. The number of fused-ring (bicyclic) bond motifs is 7. The smallest absolute Gasteiger partial charge is 0.143 e. The Morgan fingerprint density at radius 2 is 0.919 bits per heavy atom. The minimum Gasteiger partial charge on any atom is -0.455 e. The number of para-hydroxylation sites is 2. The van der Waals surface area contributed by atoms with E-state index in [0.29, 0.717) is 16.9 Å². The van der Waals surface area contributed by atoms with E-state index in [0.717, 1.165) is 82.3 Å². The maximum absolute atomic E-state index is 9.81. The van der Waals surface area contributed by atoms with Gasteiger partial charge in [0.1, 0.15) is 11.2 Å². The molecule has 11 aromatic carbocycles. The molecule has 0 atom stereocenters. The van der Waals surface area contributed by atoms with Crippen LogP contribution in [-0.4, -0.2) is 0 Å². The van der Waals surface area contributed by atoms with Crippen LogP contribution in [0.25, 0.3) is 98.8 Å². The fourth-order valence-corrected chi connectivity index (χ4v) is 9.02. The second kappa shape index (κ2) is 14.8. The Morgan fingerprint density at radius 1 is 0.323 bits per heavy atom. The van der Waals surface area contributed by atoms with Crippen LogP contribution >= 0.6 is 0 Å². The summed E-state index contributed by atoms with van der Waals surface area (Å²) in [4.78, 5) is 1.89. The Morgan fingerprint density at radius 3 is 1.81 bits per heavy atom. The molecule has 0 saturated carbocycles. The summed E-state index contributed by atoms with van der Waals surface area (Å²) in [5.74, 6) is 0. The third kappa shape index (κ3) is 6.20. The molecule has 0 aliphatic heterocycles. The number of furan rings is 1. The zero-order chi connectivity index (χ0) is 44.5. The van der Waals surface area contributed by atoms with E-state index < -0.39 is 0 Å². The third-order valence-electron chi connectivity index (χ3n) is 12.1. The first kappa shape index (κ1) is 31.7. The summed E-state index contributed by atoms with van der Waals surface area (Å²) in [5.41, 5.74) is 9.89. The maximum Gasteiger partial charge on any atom is 0.143 e. The first-order valence-electron chi connectivity index (χ1n) is 22.9. The molecular weight excluding hydrogens is 751 g/mol. The zero-order valence-corrected chi connectivity index (χ0v) is 33.6. The van der Waals surface area contributed by atoms with Gasteiger partial charge in [-0.15, -0.1) is 0 Å². The molecule has 0 unspecified atom stereocenters. The lowest BCUT2D eigenvalue weighted by Crippen LogP contribution is -2.11. The van der Waals surface area contributed by atoms with Crippen LogP contribution in [0.1, 0.15) is 5.48 Å². The van der Waals surface area contributed by atoms with Crippen LogP contribution in [0.2, 0.25) is 0 Å². The van der Waals surface area contributed by atoms with E-state index >= 15 is 0 Å². The second-order valence-electron chi connectivity index (χ2n) is 15.8. The lowest BCUT2D eigenvalue weighted by atomic mass is 9.95. The lowest BCUT2D eigenvalue weighted by Gasteiger charge is -2.28. The van der Waals surface area contributed by atoms with Gasteiger partial charge < -0.3 is 9.32 Å². The monoisotopic (exact) mass is 793 g/mol. The Hall–Kier alpha value is -8.20. The minimum atomic E-state index is -0.141. The number of hydrogen-bond donors (Lipinski definition) is 0. The molecule has 1 heterocycles. The summed E-state index contributed by atoms with van der Waals surface area (Å²) in [6.45, 7) is 0. The Kier molecular flexibility index (Phi) is 7.57. The molecule has 12 aromatic rings. The van der Waals surface area contributed by atoms with E-state index in [1.54, 1.807) is 0 Å². The average molecular weight is 794 g/mol. The van der Waals surface area contributed by atoms with Crippen molar-refractivity contribution in [2.24, 2.45) is 0 Å². The highest BCUT2D eigenvalue weighted by molar-refractivity contribution is 6.15. The molecule has 12 rings (SSSR count). The van der Waals surface area contributed by atoms with Crippen molar-refractivity contribution in [1.82, 2.24) is 0 Å². The molecule has 0 bridgehead atoms. The first-order chi connectivity index (χ1) is 32.4. The van der Waals surface area contributed by atoms with Gasteiger partial charge in [-0.05, 0) is 126 Å². The summed E-state index contributed by atoms with van der Waals surface area (Å²) in [6.07, 6.45) is 0. The van der Waals surface area contributed by atoms with E-state index in [2.05, 4.69) is 109 Å². The van der Waals surface area contributed by atoms with Crippen LogP contribution < -0.4 is 4.90 Å². The third-order valence-corrected chi connectivity index (χ3v) is 12.1. The van der Waals surface area contributed by atoms with Crippen LogP contribution in [0.5, 0.6) is 0 Å². The predicted molar refractivity (Wildman–Crippen MR) is 263 cm³/mol. The van der Waals surface area contributed by atoms with Gasteiger partial charge in [0.15, 0.2) is 0 Å². The normalized spacial score (nSPS) is 12.5. The van der Waals surface area contributed by atoms with Crippen LogP contribution in [0.4, 0.5) is 17.1 Å². The molecule has 0 amide bonds. The molecule has 0 fully saturated rings. The lowest BCUT2D eigenvalue weighted by molar-refractivity contribution is 0.672. The molecule has 0 aliphatic rings. The molecule has 0 saturated heterocycles. The van der Waals surface area contributed by atoms with Gasteiger partial charge in [-0.25, -0.2) is 0 Å².